The van der Waals surface area contributed by atoms with Crippen LogP contribution in [0.3, 0.4) is 0 Å². The molecule has 0 saturated carbocycles. The van der Waals surface area contributed by atoms with Gasteiger partial charge in [0.05, 0.1) is 11.5 Å². The molecule has 0 aliphatic heterocycles. The third-order valence-electron chi connectivity index (χ3n) is 1.53. The van der Waals surface area contributed by atoms with E-state index in [-0.39, 0.29) is 24.1 Å². The van der Waals surface area contributed by atoms with E-state index < -0.39 is 4.92 Å². The normalized spacial score (nSPS) is 9.40. The summed E-state index contributed by atoms with van der Waals surface area (Å²) in [5, 5.41) is 15.3. The molecule has 1 rings (SSSR count). The van der Waals surface area contributed by atoms with Crippen molar-refractivity contribution in [2.24, 2.45) is 0 Å². The lowest BCUT2D eigenvalue weighted by Gasteiger charge is -2.01. The number of nitrogens with one attached hydrogen (secondary N) is 2. The van der Waals surface area contributed by atoms with Crippen molar-refractivity contribution in [1.82, 2.24) is 15.3 Å². The monoisotopic (exact) mass is 211 g/mol. The van der Waals surface area contributed by atoms with E-state index in [2.05, 4.69) is 20.6 Å². The maximum absolute atomic E-state index is 10.8. The molecule has 0 spiro atoms. The highest BCUT2D eigenvalue weighted by Gasteiger charge is 2.06. The molecule has 1 amide bonds. The van der Waals surface area contributed by atoms with Gasteiger partial charge in [0.1, 0.15) is 12.4 Å². The Bertz CT molecular complexity index is 363. The minimum absolute atomic E-state index is 0.0221. The molecule has 8 heteroatoms. The lowest BCUT2D eigenvalue weighted by molar-refractivity contribution is -0.385. The van der Waals surface area contributed by atoms with Crippen molar-refractivity contribution in [3.8, 4) is 0 Å². The Morgan fingerprint density at radius 1 is 1.53 bits per heavy atom. The van der Waals surface area contributed by atoms with Crippen molar-refractivity contribution >= 4 is 17.5 Å². The van der Waals surface area contributed by atoms with Crippen LogP contribution in [0.15, 0.2) is 12.4 Å². The molecule has 2 N–H and O–H groups in total. The number of hydrogen-bond acceptors (Lipinski definition) is 6. The summed E-state index contributed by atoms with van der Waals surface area (Å²) in [6.07, 6.45) is 2.14. The Labute approximate surface area is 84.9 Å². The summed E-state index contributed by atoms with van der Waals surface area (Å²) in [6.45, 7) is 0.0221. The van der Waals surface area contributed by atoms with E-state index in [1.165, 1.54) is 7.05 Å². The Morgan fingerprint density at radius 2 is 2.13 bits per heavy atom. The van der Waals surface area contributed by atoms with Crippen LogP contribution in [0, 0.1) is 10.1 Å². The molecule has 0 bridgehead atoms. The molecule has 80 valence electrons. The summed E-state index contributed by atoms with van der Waals surface area (Å²) < 4.78 is 0. The van der Waals surface area contributed by atoms with E-state index in [1.54, 1.807) is 0 Å². The first-order chi connectivity index (χ1) is 7.13. The number of nitro groups is 1. The predicted octanol–water partition coefficient (Wildman–Crippen LogP) is -0.457. The second-order valence-electron chi connectivity index (χ2n) is 2.55. The van der Waals surface area contributed by atoms with E-state index in [0.29, 0.717) is 0 Å². The molecule has 0 saturated heterocycles. The number of carbonyl (C=O) groups excluding carboxylic acids is 1. The average molecular weight is 211 g/mol. The molecule has 0 unspecified atom stereocenters. The molecule has 0 aliphatic rings. The van der Waals surface area contributed by atoms with E-state index in [4.69, 9.17) is 0 Å². The van der Waals surface area contributed by atoms with E-state index in [9.17, 15) is 14.9 Å². The van der Waals surface area contributed by atoms with Gasteiger partial charge in [0.25, 0.3) is 0 Å². The predicted molar refractivity (Wildman–Crippen MR) is 51.2 cm³/mol. The summed E-state index contributed by atoms with van der Waals surface area (Å²) in [5.41, 5.74) is -0.194. The van der Waals surface area contributed by atoms with Crippen molar-refractivity contribution in [2.75, 3.05) is 18.9 Å². The van der Waals surface area contributed by atoms with Crippen LogP contribution < -0.4 is 10.6 Å². The van der Waals surface area contributed by atoms with Gasteiger partial charge >= 0.3 is 5.69 Å². The number of nitrogens with zero attached hydrogens (tertiary/aromatic N) is 3. The van der Waals surface area contributed by atoms with Crippen LogP contribution in [0.25, 0.3) is 0 Å². The SMILES string of the molecule is CNC(=O)CNc1ncc([N+](=O)[O-])cn1. The van der Waals surface area contributed by atoms with Gasteiger partial charge in [0, 0.05) is 7.05 Å². The minimum atomic E-state index is -0.595. The molecule has 0 aliphatic carbocycles. The van der Waals surface area contributed by atoms with Crippen molar-refractivity contribution in [2.45, 2.75) is 0 Å². The zero-order valence-electron chi connectivity index (χ0n) is 7.93. The van der Waals surface area contributed by atoms with Crippen LogP contribution in [0.5, 0.6) is 0 Å². The molecule has 15 heavy (non-hydrogen) atoms. The van der Waals surface area contributed by atoms with Gasteiger partial charge in [0.2, 0.25) is 11.9 Å². The first-order valence-electron chi connectivity index (χ1n) is 4.04. The quantitative estimate of drug-likeness (QED) is 0.515. The van der Waals surface area contributed by atoms with Gasteiger partial charge in [-0.15, -0.1) is 0 Å². The Morgan fingerprint density at radius 3 is 2.60 bits per heavy atom. The van der Waals surface area contributed by atoms with Gasteiger partial charge in [-0.3, -0.25) is 14.9 Å². The second-order valence-corrected chi connectivity index (χ2v) is 2.55. The van der Waals surface area contributed by atoms with E-state index >= 15 is 0 Å². The fourth-order valence-corrected chi connectivity index (χ4v) is 0.755. The van der Waals surface area contributed by atoms with E-state index in [1.807, 2.05) is 0 Å². The summed E-state index contributed by atoms with van der Waals surface area (Å²) in [4.78, 5) is 27.8. The van der Waals surface area contributed by atoms with Gasteiger partial charge < -0.3 is 10.6 Å². The van der Waals surface area contributed by atoms with Crippen molar-refractivity contribution < 1.29 is 9.72 Å². The summed E-state index contributed by atoms with van der Waals surface area (Å²) in [7, 11) is 1.50. The van der Waals surface area contributed by atoms with Gasteiger partial charge in [-0.1, -0.05) is 0 Å². The molecule has 8 nitrogen and oxygen atoms in total. The fourth-order valence-electron chi connectivity index (χ4n) is 0.755. The number of likely N-dealkylation sites (N-methyl/N-ethyl adjacent to an activating group) is 1. The lowest BCUT2D eigenvalue weighted by atomic mass is 10.5. The highest BCUT2D eigenvalue weighted by Crippen LogP contribution is 2.07. The Kier molecular flexibility index (Phi) is 3.49. The summed E-state index contributed by atoms with van der Waals surface area (Å²) in [5.74, 6) is -0.0545. The van der Waals surface area contributed by atoms with Crippen LogP contribution in [0.2, 0.25) is 0 Å². The summed E-state index contributed by atoms with van der Waals surface area (Å²) in [6, 6.07) is 0. The third-order valence-corrected chi connectivity index (χ3v) is 1.53. The lowest BCUT2D eigenvalue weighted by Crippen LogP contribution is -2.26. The van der Waals surface area contributed by atoms with Gasteiger partial charge in [-0.25, -0.2) is 9.97 Å². The van der Waals surface area contributed by atoms with Crippen molar-refractivity contribution in [1.29, 1.82) is 0 Å². The van der Waals surface area contributed by atoms with E-state index in [0.717, 1.165) is 12.4 Å². The molecule has 1 aromatic heterocycles. The molecule has 0 atom stereocenters. The number of rotatable bonds is 4. The molecular formula is C7H9N5O3. The number of aromatic nitrogens is 2. The van der Waals surface area contributed by atoms with Crippen LogP contribution in [0.4, 0.5) is 11.6 Å². The number of carbonyl (C=O) groups is 1. The second kappa shape index (κ2) is 4.84. The standard InChI is InChI=1S/C7H9N5O3/c1-8-6(13)4-11-7-9-2-5(3-10-7)12(14)15/h2-3H,4H2,1H3,(H,8,13)(H,9,10,11). The highest BCUT2D eigenvalue weighted by atomic mass is 16.6. The Balaban J connectivity index is 2.57. The van der Waals surface area contributed by atoms with Crippen LogP contribution in [-0.2, 0) is 4.79 Å². The van der Waals surface area contributed by atoms with Gasteiger partial charge in [0.15, 0.2) is 0 Å². The first kappa shape index (κ1) is 10.8. The highest BCUT2D eigenvalue weighted by molar-refractivity contribution is 5.79. The third kappa shape index (κ3) is 3.18. The molecular weight excluding hydrogens is 202 g/mol. The number of amides is 1. The van der Waals surface area contributed by atoms with Crippen LogP contribution in [0.1, 0.15) is 0 Å². The minimum Gasteiger partial charge on any atom is -0.358 e. The van der Waals surface area contributed by atoms with Gasteiger partial charge in [-0.2, -0.15) is 0 Å². The van der Waals surface area contributed by atoms with Gasteiger partial charge in [-0.05, 0) is 0 Å². The number of hydrogen-bond donors (Lipinski definition) is 2. The number of anilines is 1. The zero-order chi connectivity index (χ0) is 11.3. The smallest absolute Gasteiger partial charge is 0.305 e. The first-order valence-corrected chi connectivity index (χ1v) is 4.04. The van der Waals surface area contributed by atoms with Crippen molar-refractivity contribution in [3.63, 3.8) is 0 Å². The summed E-state index contributed by atoms with van der Waals surface area (Å²) >= 11 is 0. The average Bonchev–Trinajstić information content (AvgIpc) is 2.26. The Hall–Kier alpha value is -2.25. The molecule has 0 fully saturated rings. The zero-order valence-corrected chi connectivity index (χ0v) is 7.93. The largest absolute Gasteiger partial charge is 0.358 e. The molecule has 1 heterocycles. The molecule has 0 radical (unpaired) electrons. The van der Waals surface area contributed by atoms with Crippen molar-refractivity contribution in [3.05, 3.63) is 22.5 Å². The topological polar surface area (TPSA) is 110 Å². The van der Waals surface area contributed by atoms with Crippen LogP contribution in [-0.4, -0.2) is 34.4 Å². The maximum Gasteiger partial charge on any atom is 0.305 e. The fraction of sp³-hybridized carbons (Fsp3) is 0.286. The van der Waals surface area contributed by atoms with Crippen LogP contribution >= 0.6 is 0 Å². The molecule has 0 aromatic carbocycles. The molecule has 1 aromatic rings. The maximum atomic E-state index is 10.8.